The van der Waals surface area contributed by atoms with Crippen molar-refractivity contribution in [2.24, 2.45) is 18.7 Å². The molecule has 13 heavy (non-hydrogen) atoms. The highest BCUT2D eigenvalue weighted by Gasteiger charge is 2.06. The van der Waals surface area contributed by atoms with E-state index in [4.69, 9.17) is 5.73 Å². The molecule has 0 aliphatic heterocycles. The fourth-order valence-electron chi connectivity index (χ4n) is 1.39. The van der Waals surface area contributed by atoms with Crippen molar-refractivity contribution in [1.82, 2.24) is 9.78 Å². The number of nitrogens with two attached hydrogens (primary N) is 1. The molecule has 1 aromatic rings. The minimum Gasteiger partial charge on any atom is -0.326 e. The number of hydrogen-bond acceptors (Lipinski definition) is 2. The summed E-state index contributed by atoms with van der Waals surface area (Å²) in [4.78, 5) is 0. The molecular formula is C10H19N3. The monoisotopic (exact) mass is 181 g/mol. The lowest BCUT2D eigenvalue weighted by Gasteiger charge is -2.02. The van der Waals surface area contributed by atoms with Crippen molar-refractivity contribution in [3.05, 3.63) is 17.5 Å². The number of nitrogens with zero attached hydrogens (tertiary/aromatic N) is 2. The molecule has 2 N–H and O–H groups in total. The summed E-state index contributed by atoms with van der Waals surface area (Å²) in [5, 5.41) is 4.39. The lowest BCUT2D eigenvalue weighted by atomic mass is 10.0. The van der Waals surface area contributed by atoms with Crippen molar-refractivity contribution in [2.45, 2.75) is 33.2 Å². The molecule has 1 heterocycles. The van der Waals surface area contributed by atoms with Gasteiger partial charge in [0.05, 0.1) is 5.69 Å². The van der Waals surface area contributed by atoms with Gasteiger partial charge in [0.2, 0.25) is 0 Å². The van der Waals surface area contributed by atoms with Crippen LogP contribution in [0.3, 0.4) is 0 Å². The second-order valence-electron chi connectivity index (χ2n) is 3.91. The SMILES string of the molecule is CC(C)CCc1nn(C)cc1CN. The Morgan fingerprint density at radius 3 is 2.77 bits per heavy atom. The van der Waals surface area contributed by atoms with Gasteiger partial charge in [-0.15, -0.1) is 0 Å². The van der Waals surface area contributed by atoms with Gasteiger partial charge >= 0.3 is 0 Å². The van der Waals surface area contributed by atoms with Gasteiger partial charge in [0.1, 0.15) is 0 Å². The molecule has 1 rings (SSSR count). The van der Waals surface area contributed by atoms with Crippen LogP contribution in [0.15, 0.2) is 6.20 Å². The Hall–Kier alpha value is -0.830. The first kappa shape index (κ1) is 10.3. The maximum absolute atomic E-state index is 5.62. The van der Waals surface area contributed by atoms with Crippen LogP contribution in [0.4, 0.5) is 0 Å². The van der Waals surface area contributed by atoms with Crippen molar-refractivity contribution in [1.29, 1.82) is 0 Å². The van der Waals surface area contributed by atoms with E-state index in [9.17, 15) is 0 Å². The molecule has 0 spiro atoms. The maximum atomic E-state index is 5.62. The van der Waals surface area contributed by atoms with Crippen LogP contribution in [0.1, 0.15) is 31.5 Å². The van der Waals surface area contributed by atoms with Crippen LogP contribution in [-0.4, -0.2) is 9.78 Å². The van der Waals surface area contributed by atoms with Crippen LogP contribution >= 0.6 is 0 Å². The van der Waals surface area contributed by atoms with Gasteiger partial charge in [-0.3, -0.25) is 4.68 Å². The molecule has 0 bridgehead atoms. The zero-order valence-corrected chi connectivity index (χ0v) is 8.75. The Balaban J connectivity index is 2.64. The molecule has 74 valence electrons. The van der Waals surface area contributed by atoms with Crippen molar-refractivity contribution in [2.75, 3.05) is 0 Å². The molecule has 0 saturated heterocycles. The van der Waals surface area contributed by atoms with Crippen LogP contribution in [0.2, 0.25) is 0 Å². The Labute approximate surface area is 79.9 Å². The Kier molecular flexibility index (Phi) is 3.48. The van der Waals surface area contributed by atoms with Crippen molar-refractivity contribution in [3.8, 4) is 0 Å². The molecule has 0 aromatic carbocycles. The quantitative estimate of drug-likeness (QED) is 0.764. The fourth-order valence-corrected chi connectivity index (χ4v) is 1.39. The Bertz CT molecular complexity index is 263. The average Bonchev–Trinajstić information content (AvgIpc) is 2.42. The van der Waals surface area contributed by atoms with Gasteiger partial charge in [0, 0.05) is 25.4 Å². The van der Waals surface area contributed by atoms with Gasteiger partial charge in [-0.25, -0.2) is 0 Å². The smallest absolute Gasteiger partial charge is 0.0669 e. The first-order valence-corrected chi connectivity index (χ1v) is 4.85. The van der Waals surface area contributed by atoms with Gasteiger partial charge in [0.15, 0.2) is 0 Å². The average molecular weight is 181 g/mol. The summed E-state index contributed by atoms with van der Waals surface area (Å²) in [5.74, 6) is 0.729. The van der Waals surface area contributed by atoms with Crippen LogP contribution in [0.25, 0.3) is 0 Å². The minimum absolute atomic E-state index is 0.598. The van der Waals surface area contributed by atoms with Gasteiger partial charge in [-0.1, -0.05) is 13.8 Å². The summed E-state index contributed by atoms with van der Waals surface area (Å²) in [7, 11) is 1.94. The first-order chi connectivity index (χ1) is 6.13. The lowest BCUT2D eigenvalue weighted by Crippen LogP contribution is -2.01. The predicted molar refractivity (Wildman–Crippen MR) is 54.3 cm³/mol. The van der Waals surface area contributed by atoms with E-state index >= 15 is 0 Å². The molecule has 0 amide bonds. The number of aromatic nitrogens is 2. The summed E-state index contributed by atoms with van der Waals surface area (Å²) in [6.07, 6.45) is 4.24. The second kappa shape index (κ2) is 4.42. The molecule has 3 nitrogen and oxygen atoms in total. The zero-order chi connectivity index (χ0) is 9.84. The van der Waals surface area contributed by atoms with Crippen LogP contribution < -0.4 is 5.73 Å². The lowest BCUT2D eigenvalue weighted by molar-refractivity contribution is 0.575. The van der Waals surface area contributed by atoms with Crippen LogP contribution in [0.5, 0.6) is 0 Å². The van der Waals surface area contributed by atoms with E-state index in [1.165, 1.54) is 17.7 Å². The first-order valence-electron chi connectivity index (χ1n) is 4.85. The van der Waals surface area contributed by atoms with Crippen LogP contribution in [0, 0.1) is 5.92 Å². The topological polar surface area (TPSA) is 43.8 Å². The summed E-state index contributed by atoms with van der Waals surface area (Å²) < 4.78 is 1.85. The van der Waals surface area contributed by atoms with E-state index in [1.54, 1.807) is 0 Å². The third-order valence-electron chi connectivity index (χ3n) is 2.17. The molecule has 0 aliphatic carbocycles. The molecule has 0 fully saturated rings. The predicted octanol–water partition coefficient (Wildman–Crippen LogP) is 1.47. The third-order valence-corrected chi connectivity index (χ3v) is 2.17. The molecule has 0 unspecified atom stereocenters. The molecule has 0 radical (unpaired) electrons. The molecular weight excluding hydrogens is 162 g/mol. The van der Waals surface area contributed by atoms with E-state index in [0.717, 1.165) is 12.3 Å². The Morgan fingerprint density at radius 1 is 1.54 bits per heavy atom. The zero-order valence-electron chi connectivity index (χ0n) is 8.75. The highest BCUT2D eigenvalue weighted by Crippen LogP contribution is 2.11. The Morgan fingerprint density at radius 2 is 2.23 bits per heavy atom. The number of rotatable bonds is 4. The van der Waals surface area contributed by atoms with E-state index < -0.39 is 0 Å². The number of aryl methyl sites for hydroxylation is 2. The van der Waals surface area contributed by atoms with E-state index in [0.29, 0.717) is 6.54 Å². The summed E-state index contributed by atoms with van der Waals surface area (Å²) in [6, 6.07) is 0. The van der Waals surface area contributed by atoms with Crippen LogP contribution in [-0.2, 0) is 20.0 Å². The number of hydrogen-bond donors (Lipinski definition) is 1. The normalized spacial score (nSPS) is 11.2. The summed E-state index contributed by atoms with van der Waals surface area (Å²) in [5.41, 5.74) is 7.97. The summed E-state index contributed by atoms with van der Waals surface area (Å²) >= 11 is 0. The third kappa shape index (κ3) is 2.84. The molecule has 3 heteroatoms. The standard InChI is InChI=1S/C10H19N3/c1-8(2)4-5-10-9(6-11)7-13(3)12-10/h7-8H,4-6,11H2,1-3H3. The van der Waals surface area contributed by atoms with Gasteiger partial charge in [-0.2, -0.15) is 5.10 Å². The largest absolute Gasteiger partial charge is 0.326 e. The van der Waals surface area contributed by atoms with Gasteiger partial charge in [-0.05, 0) is 18.8 Å². The maximum Gasteiger partial charge on any atom is 0.0669 e. The highest BCUT2D eigenvalue weighted by molar-refractivity contribution is 5.16. The fraction of sp³-hybridized carbons (Fsp3) is 0.700. The second-order valence-corrected chi connectivity index (χ2v) is 3.91. The van der Waals surface area contributed by atoms with Gasteiger partial charge < -0.3 is 5.73 Å². The highest BCUT2D eigenvalue weighted by atomic mass is 15.3. The molecule has 0 saturated carbocycles. The van der Waals surface area contributed by atoms with E-state index in [2.05, 4.69) is 18.9 Å². The van der Waals surface area contributed by atoms with Crippen molar-refractivity contribution >= 4 is 0 Å². The molecule has 0 atom stereocenters. The van der Waals surface area contributed by atoms with E-state index in [1.807, 2.05) is 17.9 Å². The van der Waals surface area contributed by atoms with E-state index in [-0.39, 0.29) is 0 Å². The molecule has 1 aromatic heterocycles. The molecule has 0 aliphatic rings. The van der Waals surface area contributed by atoms with Crippen molar-refractivity contribution < 1.29 is 0 Å². The van der Waals surface area contributed by atoms with Gasteiger partial charge in [0.25, 0.3) is 0 Å². The minimum atomic E-state index is 0.598. The van der Waals surface area contributed by atoms with Crippen molar-refractivity contribution in [3.63, 3.8) is 0 Å². The summed E-state index contributed by atoms with van der Waals surface area (Å²) in [6.45, 7) is 5.05.